The lowest BCUT2D eigenvalue weighted by Gasteiger charge is -2.05. The molecule has 0 atom stereocenters. The maximum atomic E-state index is 11.6. The highest BCUT2D eigenvalue weighted by molar-refractivity contribution is 5.91. The van der Waals surface area contributed by atoms with Gasteiger partial charge in [0.05, 0.1) is 11.5 Å². The van der Waals surface area contributed by atoms with Gasteiger partial charge in [0, 0.05) is 12.6 Å². The van der Waals surface area contributed by atoms with E-state index in [2.05, 4.69) is 5.32 Å². The molecule has 0 saturated carbocycles. The van der Waals surface area contributed by atoms with Crippen LogP contribution in [0.15, 0.2) is 34.7 Å². The molecule has 1 aromatic heterocycles. The first-order valence-electron chi connectivity index (χ1n) is 6.87. The van der Waals surface area contributed by atoms with Crippen molar-refractivity contribution in [3.8, 4) is 5.75 Å². The van der Waals surface area contributed by atoms with Crippen LogP contribution in [0.1, 0.15) is 21.9 Å². The van der Waals surface area contributed by atoms with E-state index in [-0.39, 0.29) is 37.0 Å². The highest BCUT2D eigenvalue weighted by Gasteiger charge is 2.16. The first kappa shape index (κ1) is 16.5. The summed E-state index contributed by atoms with van der Waals surface area (Å²) < 4.78 is 10.7. The summed E-state index contributed by atoms with van der Waals surface area (Å²) in [7, 11) is 0. The maximum Gasteiger partial charge on any atom is 0.311 e. The number of aliphatic hydroxyl groups is 1. The monoisotopic (exact) mass is 320 g/mol. The summed E-state index contributed by atoms with van der Waals surface area (Å²) in [5.41, 5.74) is 0.627. The Hall–Kier alpha value is -2.87. The zero-order valence-electron chi connectivity index (χ0n) is 12.4. The Morgan fingerprint density at radius 1 is 1.39 bits per heavy atom. The number of benzene rings is 1. The van der Waals surface area contributed by atoms with E-state index in [1.54, 1.807) is 19.1 Å². The van der Waals surface area contributed by atoms with Gasteiger partial charge in [0.25, 0.3) is 5.91 Å². The molecule has 1 heterocycles. The molecule has 122 valence electrons. The molecule has 8 heteroatoms. The number of hydrogen-bond acceptors (Lipinski definition) is 6. The van der Waals surface area contributed by atoms with Crippen molar-refractivity contribution < 1.29 is 24.0 Å². The van der Waals surface area contributed by atoms with Gasteiger partial charge in [0.1, 0.15) is 12.4 Å². The van der Waals surface area contributed by atoms with E-state index in [0.717, 1.165) is 5.56 Å². The molecular weight excluding hydrogens is 304 g/mol. The average molecular weight is 320 g/mol. The molecule has 23 heavy (non-hydrogen) atoms. The minimum atomic E-state index is -0.516. The minimum absolute atomic E-state index is 0.0445. The summed E-state index contributed by atoms with van der Waals surface area (Å²) in [6.07, 6.45) is 0. The Bertz CT molecular complexity index is 710. The lowest BCUT2D eigenvalue weighted by atomic mass is 10.2. The molecule has 8 nitrogen and oxygen atoms in total. The van der Waals surface area contributed by atoms with Gasteiger partial charge in [-0.3, -0.25) is 14.9 Å². The van der Waals surface area contributed by atoms with E-state index >= 15 is 0 Å². The summed E-state index contributed by atoms with van der Waals surface area (Å²) >= 11 is 0. The van der Waals surface area contributed by atoms with E-state index < -0.39 is 10.8 Å². The van der Waals surface area contributed by atoms with Crippen molar-refractivity contribution in [1.82, 2.24) is 5.32 Å². The van der Waals surface area contributed by atoms with Crippen LogP contribution in [0.5, 0.6) is 5.75 Å². The minimum Gasteiger partial charge on any atom is -0.479 e. The molecule has 0 spiro atoms. The number of carbonyl (C=O) groups excluding carboxylic acids is 1. The van der Waals surface area contributed by atoms with Crippen LogP contribution in [-0.4, -0.2) is 29.1 Å². The molecule has 0 saturated heterocycles. The number of aliphatic hydroxyl groups excluding tert-OH is 1. The predicted molar refractivity (Wildman–Crippen MR) is 80.3 cm³/mol. The van der Waals surface area contributed by atoms with Gasteiger partial charge < -0.3 is 19.6 Å². The van der Waals surface area contributed by atoms with E-state index in [9.17, 15) is 14.9 Å². The van der Waals surface area contributed by atoms with Gasteiger partial charge >= 0.3 is 5.69 Å². The molecule has 2 N–H and O–H groups in total. The number of nitro benzene ring substituents is 1. The van der Waals surface area contributed by atoms with Gasteiger partial charge in [-0.1, -0.05) is 6.07 Å². The molecule has 0 aliphatic rings. The summed E-state index contributed by atoms with van der Waals surface area (Å²) in [6, 6.07) is 7.66. The van der Waals surface area contributed by atoms with Crippen LogP contribution in [0.25, 0.3) is 0 Å². The van der Waals surface area contributed by atoms with Gasteiger partial charge in [-0.25, -0.2) is 0 Å². The van der Waals surface area contributed by atoms with Crippen LogP contribution < -0.4 is 10.1 Å². The first-order valence-corrected chi connectivity index (χ1v) is 6.87. The molecule has 1 amide bonds. The normalized spacial score (nSPS) is 10.3. The fourth-order valence-electron chi connectivity index (χ4n) is 1.88. The number of nitrogens with one attached hydrogen (secondary N) is 1. The zero-order valence-corrected chi connectivity index (χ0v) is 12.4. The van der Waals surface area contributed by atoms with Gasteiger partial charge in [-0.15, -0.1) is 0 Å². The largest absolute Gasteiger partial charge is 0.479 e. The summed E-state index contributed by atoms with van der Waals surface area (Å²) in [4.78, 5) is 22.1. The highest BCUT2D eigenvalue weighted by Crippen LogP contribution is 2.28. The SMILES string of the molecule is Cc1ccc(OCc2ccc(C(=O)NCCO)o2)c([N+](=O)[O-])c1. The molecule has 1 aromatic carbocycles. The molecule has 0 aliphatic heterocycles. The number of aryl methyl sites for hydroxylation is 1. The summed E-state index contributed by atoms with van der Waals surface area (Å²) in [5, 5.41) is 22.1. The quantitative estimate of drug-likeness (QED) is 0.594. The van der Waals surface area contributed by atoms with E-state index in [0.29, 0.717) is 5.76 Å². The van der Waals surface area contributed by atoms with Crippen LogP contribution in [0.4, 0.5) is 5.69 Å². The number of rotatable bonds is 7. The Labute approximate surface area is 131 Å². The van der Waals surface area contributed by atoms with E-state index in [1.807, 2.05) is 0 Å². The van der Waals surface area contributed by atoms with Crippen LogP contribution in [0.2, 0.25) is 0 Å². The predicted octanol–water partition coefficient (Wildman–Crippen LogP) is 1.80. The average Bonchev–Trinajstić information content (AvgIpc) is 3.00. The lowest BCUT2D eigenvalue weighted by Crippen LogP contribution is -2.25. The van der Waals surface area contributed by atoms with Crippen molar-refractivity contribution in [1.29, 1.82) is 0 Å². The van der Waals surface area contributed by atoms with Crippen LogP contribution in [0, 0.1) is 17.0 Å². The van der Waals surface area contributed by atoms with Crippen molar-refractivity contribution in [2.75, 3.05) is 13.2 Å². The standard InChI is InChI=1S/C15H16N2O6/c1-10-2-4-13(12(8-10)17(20)21)22-9-11-3-5-14(23-11)15(19)16-6-7-18/h2-5,8,18H,6-7,9H2,1H3,(H,16,19). The van der Waals surface area contributed by atoms with Crippen molar-refractivity contribution >= 4 is 11.6 Å². The molecule has 2 rings (SSSR count). The number of hydrogen-bond donors (Lipinski definition) is 2. The number of amides is 1. The van der Waals surface area contributed by atoms with Crippen molar-refractivity contribution in [2.24, 2.45) is 0 Å². The molecule has 0 radical (unpaired) electrons. The Morgan fingerprint density at radius 3 is 2.87 bits per heavy atom. The zero-order chi connectivity index (χ0) is 16.8. The number of nitrogens with zero attached hydrogens (tertiary/aromatic N) is 1. The molecule has 0 aliphatic carbocycles. The van der Waals surface area contributed by atoms with Gasteiger partial charge in [-0.05, 0) is 30.7 Å². The van der Waals surface area contributed by atoms with Gasteiger partial charge in [-0.2, -0.15) is 0 Å². The molecule has 0 unspecified atom stereocenters. The lowest BCUT2D eigenvalue weighted by molar-refractivity contribution is -0.386. The van der Waals surface area contributed by atoms with Crippen molar-refractivity contribution in [3.05, 3.63) is 57.5 Å². The Balaban J connectivity index is 2.03. The fourth-order valence-corrected chi connectivity index (χ4v) is 1.88. The van der Waals surface area contributed by atoms with Crippen LogP contribution in [0.3, 0.4) is 0 Å². The number of furan rings is 1. The second-order valence-corrected chi connectivity index (χ2v) is 4.76. The third kappa shape index (κ3) is 4.30. The number of nitro groups is 1. The second kappa shape index (κ2) is 7.41. The third-order valence-corrected chi connectivity index (χ3v) is 2.96. The first-order chi connectivity index (χ1) is 11.0. The fraction of sp³-hybridized carbons (Fsp3) is 0.267. The molecule has 0 fully saturated rings. The van der Waals surface area contributed by atoms with Gasteiger partial charge in [0.15, 0.2) is 11.5 Å². The van der Waals surface area contributed by atoms with E-state index in [1.165, 1.54) is 18.2 Å². The second-order valence-electron chi connectivity index (χ2n) is 4.76. The molecule has 0 bridgehead atoms. The van der Waals surface area contributed by atoms with Gasteiger partial charge in [0.2, 0.25) is 0 Å². The summed E-state index contributed by atoms with van der Waals surface area (Å²) in [6.45, 7) is 1.66. The highest BCUT2D eigenvalue weighted by atomic mass is 16.6. The van der Waals surface area contributed by atoms with Crippen molar-refractivity contribution in [3.63, 3.8) is 0 Å². The van der Waals surface area contributed by atoms with Crippen molar-refractivity contribution in [2.45, 2.75) is 13.5 Å². The third-order valence-electron chi connectivity index (χ3n) is 2.96. The number of carbonyl (C=O) groups is 1. The summed E-state index contributed by atoms with van der Waals surface area (Å²) in [5.74, 6) is 0.111. The molecule has 2 aromatic rings. The Morgan fingerprint density at radius 2 is 2.17 bits per heavy atom. The maximum absolute atomic E-state index is 11.6. The Kier molecular flexibility index (Phi) is 5.32. The van der Waals surface area contributed by atoms with Crippen LogP contribution >= 0.6 is 0 Å². The molecular formula is C15H16N2O6. The number of ether oxygens (including phenoxy) is 1. The smallest absolute Gasteiger partial charge is 0.311 e. The van der Waals surface area contributed by atoms with Crippen LogP contribution in [-0.2, 0) is 6.61 Å². The topological polar surface area (TPSA) is 115 Å². The van der Waals surface area contributed by atoms with E-state index in [4.69, 9.17) is 14.3 Å².